The van der Waals surface area contributed by atoms with Gasteiger partial charge in [-0.2, -0.15) is 0 Å². The highest BCUT2D eigenvalue weighted by Gasteiger charge is 2.30. The molecule has 0 aliphatic heterocycles. The van der Waals surface area contributed by atoms with E-state index >= 15 is 0 Å². The zero-order valence-electron chi connectivity index (χ0n) is 59.7. The lowest BCUT2D eigenvalue weighted by Gasteiger charge is -2.21. The van der Waals surface area contributed by atoms with E-state index in [9.17, 15) is 43.2 Å². The van der Waals surface area contributed by atoms with Crippen LogP contribution in [-0.2, 0) is 65.4 Å². The zero-order valence-corrected chi connectivity index (χ0v) is 61.5. The van der Waals surface area contributed by atoms with Crippen molar-refractivity contribution in [2.45, 2.75) is 400 Å². The van der Waals surface area contributed by atoms with Crippen molar-refractivity contribution in [3.8, 4) is 0 Å². The number of unbranched alkanes of at least 4 members (excludes halogenated alkanes) is 44. The van der Waals surface area contributed by atoms with Crippen LogP contribution in [0, 0.1) is 5.92 Å². The average molecular weight is 1350 g/mol. The Kier molecular flexibility index (Phi) is 64.9. The van der Waals surface area contributed by atoms with Gasteiger partial charge in [-0.25, -0.2) is 9.13 Å². The molecule has 3 unspecified atom stereocenters. The van der Waals surface area contributed by atoms with E-state index in [4.69, 9.17) is 37.0 Å². The predicted molar refractivity (Wildman–Crippen MR) is 372 cm³/mol. The van der Waals surface area contributed by atoms with Crippen LogP contribution < -0.4 is 0 Å². The van der Waals surface area contributed by atoms with E-state index in [1.807, 2.05) is 0 Å². The SMILES string of the molecule is CCCCCCCCCCCCCCCCCCCCCCC(=O)O[C@H](COC(=O)CCCCCCCCCCCCCCCCC)COP(=O)(O)OC[C@@H](O)COP(=O)(O)OC[C@@H](COC(=O)CCCCCCCCC)OC(=O)CCCCCCCCC(C)CC. The topological polar surface area (TPSA) is 237 Å². The van der Waals surface area contributed by atoms with Gasteiger partial charge in [-0.1, -0.05) is 330 Å². The first-order valence-corrected chi connectivity index (χ1v) is 41.2. The third kappa shape index (κ3) is 65.4. The molecule has 19 heteroatoms. The van der Waals surface area contributed by atoms with Crippen molar-refractivity contribution in [2.24, 2.45) is 5.92 Å². The highest BCUT2D eigenvalue weighted by atomic mass is 31.2. The van der Waals surface area contributed by atoms with Crippen molar-refractivity contribution in [2.75, 3.05) is 39.6 Å². The van der Waals surface area contributed by atoms with Crippen LogP contribution in [0.5, 0.6) is 0 Å². The van der Waals surface area contributed by atoms with Crippen molar-refractivity contribution in [3.63, 3.8) is 0 Å². The summed E-state index contributed by atoms with van der Waals surface area (Å²) in [5.74, 6) is -1.41. The Morgan fingerprint density at radius 2 is 0.522 bits per heavy atom. The lowest BCUT2D eigenvalue weighted by molar-refractivity contribution is -0.161. The molecule has 3 N–H and O–H groups in total. The minimum atomic E-state index is -4.95. The average Bonchev–Trinajstić information content (AvgIpc) is 3.56. The zero-order chi connectivity index (χ0) is 67.7. The molecule has 0 bridgehead atoms. The number of aliphatic hydroxyl groups excluding tert-OH is 1. The minimum Gasteiger partial charge on any atom is -0.462 e. The van der Waals surface area contributed by atoms with Crippen LogP contribution in [0.3, 0.4) is 0 Å². The van der Waals surface area contributed by atoms with Gasteiger partial charge in [0.15, 0.2) is 12.2 Å². The fourth-order valence-electron chi connectivity index (χ4n) is 11.1. The smallest absolute Gasteiger partial charge is 0.462 e. The number of carbonyl (C=O) groups excluding carboxylic acids is 4. The number of carbonyl (C=O) groups is 4. The molecule has 0 aromatic heterocycles. The molecule has 0 amide bonds. The van der Waals surface area contributed by atoms with Gasteiger partial charge >= 0.3 is 39.5 Å². The normalized spacial score (nSPS) is 14.3. The summed E-state index contributed by atoms with van der Waals surface area (Å²) in [4.78, 5) is 72.5. The van der Waals surface area contributed by atoms with Gasteiger partial charge in [-0.3, -0.25) is 37.3 Å². The highest BCUT2D eigenvalue weighted by molar-refractivity contribution is 7.47. The minimum absolute atomic E-state index is 0.103. The summed E-state index contributed by atoms with van der Waals surface area (Å²) < 4.78 is 68.3. The van der Waals surface area contributed by atoms with Gasteiger partial charge in [0, 0.05) is 25.7 Å². The number of phosphoric acid groups is 2. The maximum Gasteiger partial charge on any atom is 0.472 e. The van der Waals surface area contributed by atoms with E-state index in [0.29, 0.717) is 25.7 Å². The molecule has 0 aromatic carbocycles. The first-order valence-electron chi connectivity index (χ1n) is 38.2. The molecule has 17 nitrogen and oxygen atoms in total. The molecule has 0 spiro atoms. The fourth-order valence-corrected chi connectivity index (χ4v) is 12.7. The molecule has 0 radical (unpaired) electrons. The van der Waals surface area contributed by atoms with Crippen LogP contribution in [0.15, 0.2) is 0 Å². The van der Waals surface area contributed by atoms with Crippen LogP contribution in [-0.4, -0.2) is 96.7 Å². The quantitative estimate of drug-likeness (QED) is 0.0222. The Hall–Kier alpha value is -1.94. The summed E-state index contributed by atoms with van der Waals surface area (Å²) in [6, 6.07) is 0. The van der Waals surface area contributed by atoms with Crippen LogP contribution >= 0.6 is 15.6 Å². The molecular weight excluding hydrogens is 1210 g/mol. The van der Waals surface area contributed by atoms with Gasteiger partial charge in [0.1, 0.15) is 19.3 Å². The maximum absolute atomic E-state index is 13.1. The number of rotatable bonds is 73. The van der Waals surface area contributed by atoms with Crippen molar-refractivity contribution >= 4 is 39.5 Å². The van der Waals surface area contributed by atoms with Crippen LogP contribution in [0.4, 0.5) is 0 Å². The second-order valence-electron chi connectivity index (χ2n) is 26.6. The summed E-state index contributed by atoms with van der Waals surface area (Å²) >= 11 is 0. The lowest BCUT2D eigenvalue weighted by Crippen LogP contribution is -2.30. The summed E-state index contributed by atoms with van der Waals surface area (Å²) in [7, 11) is -9.90. The lowest BCUT2D eigenvalue weighted by atomic mass is 10.00. The van der Waals surface area contributed by atoms with Gasteiger partial charge in [0.25, 0.3) is 0 Å². The molecule has 0 saturated carbocycles. The van der Waals surface area contributed by atoms with Gasteiger partial charge in [0.2, 0.25) is 0 Å². The number of esters is 4. The molecule has 0 saturated heterocycles. The summed E-state index contributed by atoms with van der Waals surface area (Å²) in [5, 5.41) is 10.6. The molecule has 0 aliphatic rings. The molecule has 0 aromatic rings. The Bertz CT molecular complexity index is 1770. The molecular formula is C73H142O17P2. The third-order valence-corrected chi connectivity index (χ3v) is 19.3. The van der Waals surface area contributed by atoms with Crippen LogP contribution in [0.25, 0.3) is 0 Å². The fraction of sp³-hybridized carbons (Fsp3) is 0.945. The first-order chi connectivity index (χ1) is 44.6. The number of hydrogen-bond acceptors (Lipinski definition) is 15. The highest BCUT2D eigenvalue weighted by Crippen LogP contribution is 2.45. The van der Waals surface area contributed by atoms with Gasteiger partial charge in [-0.05, 0) is 31.6 Å². The molecule has 6 atom stereocenters. The van der Waals surface area contributed by atoms with Gasteiger partial charge in [-0.15, -0.1) is 0 Å². The third-order valence-electron chi connectivity index (χ3n) is 17.4. The second kappa shape index (κ2) is 66.3. The maximum atomic E-state index is 13.1. The van der Waals surface area contributed by atoms with Crippen molar-refractivity contribution in [1.82, 2.24) is 0 Å². The second-order valence-corrected chi connectivity index (χ2v) is 29.5. The molecule has 92 heavy (non-hydrogen) atoms. The van der Waals surface area contributed by atoms with E-state index in [1.54, 1.807) is 0 Å². The Morgan fingerprint density at radius 1 is 0.304 bits per heavy atom. The van der Waals surface area contributed by atoms with Gasteiger partial charge in [0.05, 0.1) is 26.4 Å². The largest absolute Gasteiger partial charge is 0.472 e. The van der Waals surface area contributed by atoms with E-state index in [2.05, 4.69) is 34.6 Å². The molecule has 0 heterocycles. The van der Waals surface area contributed by atoms with E-state index in [1.165, 1.54) is 193 Å². The summed E-state index contributed by atoms with van der Waals surface area (Å²) in [6.07, 6.45) is 54.4. The van der Waals surface area contributed by atoms with Gasteiger partial charge < -0.3 is 33.8 Å². The first kappa shape index (κ1) is 90.1. The van der Waals surface area contributed by atoms with E-state index < -0.39 is 97.5 Å². The number of aliphatic hydroxyl groups is 1. The summed E-state index contributed by atoms with van der Waals surface area (Å²) in [6.45, 7) is 7.18. The molecule has 546 valence electrons. The molecule has 0 fully saturated rings. The number of ether oxygens (including phenoxy) is 4. The van der Waals surface area contributed by atoms with E-state index in [0.717, 1.165) is 109 Å². The standard InChI is InChI=1S/C73H142O17P2/c1-6-10-13-16-19-21-23-25-27-28-29-30-31-33-35-37-39-42-48-53-58-72(77)89-68(63-84-71(76)57-52-47-41-38-36-34-32-26-24-22-20-17-14-11-7-2)64-87-91(79,80)85-60-67(74)61-86-92(81,82)88-65-69(62-83-70(75)56-51-46-40-18-15-12-8-3)90-73(78)59-54-49-44-43-45-50-55-66(5)9-4/h66-69,74H,6-65H2,1-5H3,(H,79,80)(H,81,82)/t66?,67-,68-,69-/m1/s1. The number of phosphoric ester groups is 2. The predicted octanol–water partition coefficient (Wildman–Crippen LogP) is 21.3. The Labute approximate surface area is 562 Å². The molecule has 0 rings (SSSR count). The number of hydrogen-bond donors (Lipinski definition) is 3. The molecule has 0 aliphatic carbocycles. The summed E-state index contributed by atoms with van der Waals surface area (Å²) in [5.41, 5.74) is 0. The Morgan fingerprint density at radius 3 is 0.772 bits per heavy atom. The van der Waals surface area contributed by atoms with Crippen molar-refractivity contribution in [3.05, 3.63) is 0 Å². The van der Waals surface area contributed by atoms with Crippen LogP contribution in [0.1, 0.15) is 381 Å². The Balaban J connectivity index is 5.17. The van der Waals surface area contributed by atoms with Crippen molar-refractivity contribution < 1.29 is 80.2 Å². The van der Waals surface area contributed by atoms with E-state index in [-0.39, 0.29) is 25.7 Å². The van der Waals surface area contributed by atoms with Crippen LogP contribution in [0.2, 0.25) is 0 Å². The monoisotopic (exact) mass is 1350 g/mol. The van der Waals surface area contributed by atoms with Crippen molar-refractivity contribution in [1.29, 1.82) is 0 Å².